The quantitative estimate of drug-likeness (QED) is 0.808. The monoisotopic (exact) mass is 247 g/mol. The van der Waals surface area contributed by atoms with Crippen molar-refractivity contribution >= 4 is 0 Å². The highest BCUT2D eigenvalue weighted by atomic mass is 16.5. The topological polar surface area (TPSA) is 75.7 Å². The summed E-state index contributed by atoms with van der Waals surface area (Å²) in [7, 11) is 0. The lowest BCUT2D eigenvalue weighted by molar-refractivity contribution is 0.334. The summed E-state index contributed by atoms with van der Waals surface area (Å²) in [6.45, 7) is 5.34. The van der Waals surface area contributed by atoms with E-state index in [0.717, 1.165) is 11.3 Å². The third-order valence-electron chi connectivity index (χ3n) is 2.62. The Bertz CT molecular complexity index is 471. The van der Waals surface area contributed by atoms with Crippen molar-refractivity contribution in [1.82, 2.24) is 25.9 Å². The van der Waals surface area contributed by atoms with Crippen molar-refractivity contribution in [3.63, 3.8) is 0 Å². The number of H-pyrrole nitrogens is 1. The lowest BCUT2D eigenvalue weighted by Gasteiger charge is -2.13. The maximum atomic E-state index is 5.57. The predicted molar refractivity (Wildman–Crippen MR) is 67.0 cm³/mol. The fourth-order valence-electron chi connectivity index (χ4n) is 1.65. The number of nitrogens with one attached hydrogen (secondary N) is 2. The first kappa shape index (κ1) is 12.5. The van der Waals surface area contributed by atoms with Gasteiger partial charge < -0.3 is 10.1 Å². The summed E-state index contributed by atoms with van der Waals surface area (Å²) in [6, 6.07) is 8.02. The minimum Gasteiger partial charge on any atom is -0.494 e. The molecule has 2 aromatic rings. The number of hydrogen-bond acceptors (Lipinski definition) is 5. The standard InChI is InChI=1S/C12H17N5O/c1-3-18-11-7-5-4-6-10(11)8-13-9(2)12-14-16-17-15-12/h4-7,9,13H,3,8H2,1-2H3,(H,14,15,16,17). The summed E-state index contributed by atoms with van der Waals surface area (Å²) in [4.78, 5) is 0. The Hall–Kier alpha value is -1.95. The highest BCUT2D eigenvalue weighted by Crippen LogP contribution is 2.18. The van der Waals surface area contributed by atoms with E-state index in [1.54, 1.807) is 0 Å². The van der Waals surface area contributed by atoms with E-state index in [-0.39, 0.29) is 6.04 Å². The summed E-state index contributed by atoms with van der Waals surface area (Å²) in [5, 5.41) is 17.2. The highest BCUT2D eigenvalue weighted by Gasteiger charge is 2.10. The Morgan fingerprint density at radius 1 is 1.39 bits per heavy atom. The summed E-state index contributed by atoms with van der Waals surface area (Å²) >= 11 is 0. The average Bonchev–Trinajstić information content (AvgIpc) is 2.92. The molecular weight excluding hydrogens is 230 g/mol. The van der Waals surface area contributed by atoms with Crippen molar-refractivity contribution in [3.8, 4) is 5.75 Å². The molecule has 2 rings (SSSR count). The Labute approximate surface area is 106 Å². The fraction of sp³-hybridized carbons (Fsp3) is 0.417. The third-order valence-corrected chi connectivity index (χ3v) is 2.62. The lowest BCUT2D eigenvalue weighted by atomic mass is 10.2. The molecule has 1 aromatic carbocycles. The summed E-state index contributed by atoms with van der Waals surface area (Å²) in [5.74, 6) is 1.57. The van der Waals surface area contributed by atoms with Crippen LogP contribution in [0.2, 0.25) is 0 Å². The van der Waals surface area contributed by atoms with Gasteiger partial charge >= 0.3 is 0 Å². The molecule has 0 saturated carbocycles. The number of nitrogens with zero attached hydrogens (tertiary/aromatic N) is 3. The van der Waals surface area contributed by atoms with Crippen LogP contribution in [0.1, 0.15) is 31.3 Å². The molecule has 1 heterocycles. The van der Waals surface area contributed by atoms with Crippen LogP contribution in [-0.2, 0) is 6.54 Å². The molecule has 2 N–H and O–H groups in total. The van der Waals surface area contributed by atoms with E-state index in [9.17, 15) is 0 Å². The lowest BCUT2D eigenvalue weighted by Crippen LogP contribution is -2.19. The zero-order chi connectivity index (χ0) is 12.8. The van der Waals surface area contributed by atoms with Gasteiger partial charge in [-0.15, -0.1) is 10.2 Å². The Morgan fingerprint density at radius 2 is 2.22 bits per heavy atom. The zero-order valence-electron chi connectivity index (χ0n) is 10.6. The first-order valence-electron chi connectivity index (χ1n) is 5.98. The van der Waals surface area contributed by atoms with Gasteiger partial charge in [0.1, 0.15) is 5.75 Å². The van der Waals surface area contributed by atoms with Crippen LogP contribution in [0.15, 0.2) is 24.3 Å². The molecule has 96 valence electrons. The van der Waals surface area contributed by atoms with Crippen molar-refractivity contribution in [2.24, 2.45) is 0 Å². The SMILES string of the molecule is CCOc1ccccc1CNC(C)c1nn[nH]n1. The molecule has 0 radical (unpaired) electrons. The van der Waals surface area contributed by atoms with Gasteiger partial charge in [-0.1, -0.05) is 23.4 Å². The van der Waals surface area contributed by atoms with Crippen LogP contribution in [-0.4, -0.2) is 27.2 Å². The smallest absolute Gasteiger partial charge is 0.191 e. The Kier molecular flexibility index (Phi) is 4.25. The molecule has 1 atom stereocenters. The first-order valence-corrected chi connectivity index (χ1v) is 5.98. The van der Waals surface area contributed by atoms with Crippen LogP contribution in [0.5, 0.6) is 5.75 Å². The molecule has 0 spiro atoms. The maximum Gasteiger partial charge on any atom is 0.191 e. The number of tetrazole rings is 1. The predicted octanol–water partition coefficient (Wildman–Crippen LogP) is 1.45. The van der Waals surface area contributed by atoms with E-state index in [4.69, 9.17) is 4.74 Å². The summed E-state index contributed by atoms with van der Waals surface area (Å²) in [5.41, 5.74) is 1.12. The molecule has 0 saturated heterocycles. The van der Waals surface area contributed by atoms with Crippen LogP contribution in [0, 0.1) is 0 Å². The molecular formula is C12H17N5O. The van der Waals surface area contributed by atoms with Gasteiger partial charge in [-0.2, -0.15) is 5.21 Å². The number of benzene rings is 1. The van der Waals surface area contributed by atoms with Crippen molar-refractivity contribution < 1.29 is 4.74 Å². The fourth-order valence-corrected chi connectivity index (χ4v) is 1.65. The van der Waals surface area contributed by atoms with Crippen LogP contribution < -0.4 is 10.1 Å². The number of aromatic nitrogens is 4. The molecule has 0 aliphatic rings. The van der Waals surface area contributed by atoms with Crippen molar-refractivity contribution in [1.29, 1.82) is 0 Å². The van der Waals surface area contributed by atoms with Crippen LogP contribution in [0.3, 0.4) is 0 Å². The Balaban J connectivity index is 1.97. The minimum atomic E-state index is 0.0402. The molecule has 0 aliphatic carbocycles. The number of aromatic amines is 1. The second-order valence-corrected chi connectivity index (χ2v) is 3.91. The molecule has 6 heteroatoms. The molecule has 1 unspecified atom stereocenters. The number of ether oxygens (including phenoxy) is 1. The van der Waals surface area contributed by atoms with E-state index < -0.39 is 0 Å². The molecule has 0 amide bonds. The number of rotatable bonds is 6. The first-order chi connectivity index (χ1) is 8.81. The van der Waals surface area contributed by atoms with E-state index in [0.29, 0.717) is 19.0 Å². The van der Waals surface area contributed by atoms with Crippen LogP contribution in [0.4, 0.5) is 0 Å². The van der Waals surface area contributed by atoms with E-state index in [2.05, 4.69) is 25.9 Å². The third kappa shape index (κ3) is 3.04. The van der Waals surface area contributed by atoms with Crippen molar-refractivity contribution in [3.05, 3.63) is 35.7 Å². The molecule has 1 aromatic heterocycles. The van der Waals surface area contributed by atoms with Crippen LogP contribution in [0.25, 0.3) is 0 Å². The van der Waals surface area contributed by atoms with Crippen molar-refractivity contribution in [2.75, 3.05) is 6.61 Å². The minimum absolute atomic E-state index is 0.0402. The van der Waals surface area contributed by atoms with Gasteiger partial charge in [0.15, 0.2) is 5.82 Å². The van der Waals surface area contributed by atoms with E-state index in [1.165, 1.54) is 0 Å². The number of hydrogen-bond donors (Lipinski definition) is 2. The van der Waals surface area contributed by atoms with Gasteiger partial charge in [0.25, 0.3) is 0 Å². The largest absolute Gasteiger partial charge is 0.494 e. The average molecular weight is 247 g/mol. The van der Waals surface area contributed by atoms with Gasteiger partial charge in [0.05, 0.1) is 12.6 Å². The van der Waals surface area contributed by atoms with Crippen molar-refractivity contribution in [2.45, 2.75) is 26.4 Å². The zero-order valence-corrected chi connectivity index (χ0v) is 10.6. The second-order valence-electron chi connectivity index (χ2n) is 3.91. The van der Waals surface area contributed by atoms with Gasteiger partial charge in [-0.3, -0.25) is 0 Å². The van der Waals surface area contributed by atoms with Gasteiger partial charge in [0, 0.05) is 12.1 Å². The maximum absolute atomic E-state index is 5.57. The molecule has 18 heavy (non-hydrogen) atoms. The molecule has 6 nitrogen and oxygen atoms in total. The van der Waals surface area contributed by atoms with E-state index in [1.807, 2.05) is 38.1 Å². The van der Waals surface area contributed by atoms with Gasteiger partial charge in [-0.25, -0.2) is 0 Å². The molecule has 0 aliphatic heterocycles. The Morgan fingerprint density at radius 3 is 2.94 bits per heavy atom. The van der Waals surface area contributed by atoms with Gasteiger partial charge in [-0.05, 0) is 19.9 Å². The summed E-state index contributed by atoms with van der Waals surface area (Å²) < 4.78 is 5.57. The number of para-hydroxylation sites is 1. The summed E-state index contributed by atoms with van der Waals surface area (Å²) in [6.07, 6.45) is 0. The van der Waals surface area contributed by atoms with Crippen LogP contribution >= 0.6 is 0 Å². The second kappa shape index (κ2) is 6.11. The molecule has 0 bridgehead atoms. The van der Waals surface area contributed by atoms with Gasteiger partial charge in [0.2, 0.25) is 0 Å². The van der Waals surface area contributed by atoms with E-state index >= 15 is 0 Å². The highest BCUT2D eigenvalue weighted by molar-refractivity contribution is 5.33. The molecule has 0 fully saturated rings. The normalized spacial score (nSPS) is 12.3.